The minimum Gasteiger partial charge on any atom is -0.491 e. The molecule has 0 bridgehead atoms. The average Bonchev–Trinajstić information content (AvgIpc) is 2.68. The molecule has 0 saturated heterocycles. The van der Waals surface area contributed by atoms with Gasteiger partial charge in [0.05, 0.1) is 29.5 Å². The maximum absolute atomic E-state index is 10.1. The lowest BCUT2D eigenvalue weighted by molar-refractivity contribution is 0.230. The third-order valence-corrected chi connectivity index (χ3v) is 5.96. The van der Waals surface area contributed by atoms with E-state index in [-0.39, 0.29) is 23.3 Å². The Hall–Kier alpha value is -2.75. The second-order valence-electron chi connectivity index (χ2n) is 7.46. The largest absolute Gasteiger partial charge is 0.491 e. The predicted molar refractivity (Wildman–Crippen MR) is 109 cm³/mol. The van der Waals surface area contributed by atoms with Crippen molar-refractivity contribution >= 4 is 15.9 Å². The Balaban J connectivity index is 2.35. The number of rotatable bonds is 3. The van der Waals surface area contributed by atoms with Gasteiger partial charge in [0.2, 0.25) is 0 Å². The lowest BCUT2D eigenvalue weighted by atomic mass is 9.56. The number of fused-ring (bicyclic) bond motifs is 1. The van der Waals surface area contributed by atoms with Crippen LogP contribution in [-0.2, 0) is 0 Å². The summed E-state index contributed by atoms with van der Waals surface area (Å²) in [7, 11) is 0. The lowest BCUT2D eigenvalue weighted by Crippen LogP contribution is -2.42. The number of benzene rings is 1. The highest BCUT2D eigenvalue weighted by atomic mass is 79.9. The van der Waals surface area contributed by atoms with E-state index in [1.807, 2.05) is 38.1 Å². The van der Waals surface area contributed by atoms with Gasteiger partial charge in [0.25, 0.3) is 0 Å². The van der Waals surface area contributed by atoms with Gasteiger partial charge in [0.1, 0.15) is 11.8 Å². The van der Waals surface area contributed by atoms with E-state index in [1.165, 1.54) is 0 Å². The van der Waals surface area contributed by atoms with Gasteiger partial charge in [0, 0.05) is 16.0 Å². The molecule has 0 aliphatic heterocycles. The molecule has 0 heterocycles. The molecular weight excluding hydrogens is 416 g/mol. The van der Waals surface area contributed by atoms with Crippen molar-refractivity contribution in [1.82, 2.24) is 0 Å². The molecule has 0 saturated carbocycles. The third kappa shape index (κ3) is 3.07. The second-order valence-corrected chi connectivity index (χ2v) is 8.37. The monoisotopic (exact) mass is 436 g/mol. The van der Waals surface area contributed by atoms with Crippen molar-refractivity contribution in [3.8, 4) is 24.0 Å². The van der Waals surface area contributed by atoms with Gasteiger partial charge in [-0.2, -0.15) is 15.8 Å². The number of nitrogens with two attached hydrogens (primary N) is 1. The Morgan fingerprint density at radius 2 is 1.96 bits per heavy atom. The predicted octanol–water partition coefficient (Wildman–Crippen LogP) is 4.83. The first-order valence-electron chi connectivity index (χ1n) is 9.29. The van der Waals surface area contributed by atoms with Gasteiger partial charge in [-0.3, -0.25) is 0 Å². The topological polar surface area (TPSA) is 107 Å². The Morgan fingerprint density at radius 1 is 1.25 bits per heavy atom. The molecule has 0 unspecified atom stereocenters. The third-order valence-electron chi connectivity index (χ3n) is 5.47. The minimum absolute atomic E-state index is 0.0462. The van der Waals surface area contributed by atoms with Crippen molar-refractivity contribution in [2.24, 2.45) is 17.1 Å². The van der Waals surface area contributed by atoms with Gasteiger partial charge in [-0.15, -0.1) is 0 Å². The molecule has 3 rings (SSSR count). The molecule has 1 aromatic carbocycles. The zero-order chi connectivity index (χ0) is 20.5. The molecule has 0 aromatic heterocycles. The zero-order valence-electron chi connectivity index (χ0n) is 15.9. The fourth-order valence-electron chi connectivity index (χ4n) is 4.34. The number of hydrogen-bond donors (Lipinski definition) is 1. The van der Waals surface area contributed by atoms with Crippen LogP contribution in [0.15, 0.2) is 45.6 Å². The highest BCUT2D eigenvalue weighted by Gasteiger charge is 2.54. The summed E-state index contributed by atoms with van der Waals surface area (Å²) >= 11 is 3.51. The van der Waals surface area contributed by atoms with Crippen LogP contribution in [0.1, 0.15) is 44.6 Å². The van der Waals surface area contributed by atoms with Crippen LogP contribution in [0.5, 0.6) is 5.75 Å². The van der Waals surface area contributed by atoms with Crippen LogP contribution in [0, 0.1) is 45.3 Å². The summed E-state index contributed by atoms with van der Waals surface area (Å²) < 4.78 is 6.85. The van der Waals surface area contributed by atoms with Crippen LogP contribution in [0.3, 0.4) is 0 Å². The maximum Gasteiger partial charge on any atom is 0.191 e. The van der Waals surface area contributed by atoms with Gasteiger partial charge in [-0.1, -0.05) is 22.0 Å². The first-order chi connectivity index (χ1) is 13.4. The Morgan fingerprint density at radius 3 is 2.57 bits per heavy atom. The molecule has 2 aliphatic carbocycles. The van der Waals surface area contributed by atoms with E-state index in [0.29, 0.717) is 5.75 Å². The van der Waals surface area contributed by atoms with Gasteiger partial charge in [-0.25, -0.2) is 0 Å². The van der Waals surface area contributed by atoms with Gasteiger partial charge in [-0.05, 0) is 62.8 Å². The molecule has 2 atom stereocenters. The molecule has 2 N–H and O–H groups in total. The van der Waals surface area contributed by atoms with Crippen LogP contribution >= 0.6 is 15.9 Å². The van der Waals surface area contributed by atoms with E-state index >= 15 is 0 Å². The van der Waals surface area contributed by atoms with Crippen molar-refractivity contribution in [2.45, 2.75) is 45.1 Å². The number of allylic oxidation sites excluding steroid dienone is 4. The molecule has 28 heavy (non-hydrogen) atoms. The van der Waals surface area contributed by atoms with E-state index in [9.17, 15) is 15.8 Å². The minimum atomic E-state index is -1.62. The molecular formula is C22H21BrN4O. The van der Waals surface area contributed by atoms with Gasteiger partial charge < -0.3 is 10.5 Å². The van der Waals surface area contributed by atoms with Crippen molar-refractivity contribution in [3.05, 3.63) is 51.2 Å². The quantitative estimate of drug-likeness (QED) is 0.729. The Labute approximate surface area is 173 Å². The highest BCUT2D eigenvalue weighted by Crippen LogP contribution is 2.57. The van der Waals surface area contributed by atoms with Crippen LogP contribution in [0.4, 0.5) is 0 Å². The summed E-state index contributed by atoms with van der Waals surface area (Å²) in [5.41, 5.74) is 6.66. The molecule has 1 aromatic rings. The maximum atomic E-state index is 10.1. The number of nitriles is 3. The van der Waals surface area contributed by atoms with Crippen LogP contribution in [0.2, 0.25) is 0 Å². The molecule has 6 heteroatoms. The van der Waals surface area contributed by atoms with E-state index < -0.39 is 11.3 Å². The fraction of sp³-hybridized carbons (Fsp3) is 0.409. The molecule has 2 aliphatic rings. The average molecular weight is 437 g/mol. The van der Waals surface area contributed by atoms with Crippen molar-refractivity contribution in [2.75, 3.05) is 0 Å². The zero-order valence-corrected chi connectivity index (χ0v) is 17.5. The molecule has 0 radical (unpaired) electrons. The summed E-state index contributed by atoms with van der Waals surface area (Å²) in [6.45, 7) is 3.87. The van der Waals surface area contributed by atoms with Crippen molar-refractivity contribution in [3.63, 3.8) is 0 Å². The number of ether oxygens (including phenoxy) is 1. The Bertz CT molecular complexity index is 973. The van der Waals surface area contributed by atoms with Crippen molar-refractivity contribution in [1.29, 1.82) is 15.8 Å². The summed E-state index contributed by atoms with van der Waals surface area (Å²) in [5.74, 6) is -0.0209. The fourth-order valence-corrected chi connectivity index (χ4v) is 4.72. The molecule has 142 valence electrons. The summed E-state index contributed by atoms with van der Waals surface area (Å²) in [6, 6.07) is 12.1. The molecule has 0 spiro atoms. The SMILES string of the molecule is CC(C)Oc1ccc(Br)cc1[C@H]1[C@@H]2CCCC=C2C(C#N)=C(N)C1(C#N)C#N. The van der Waals surface area contributed by atoms with E-state index in [0.717, 1.165) is 34.9 Å². The van der Waals surface area contributed by atoms with E-state index in [4.69, 9.17) is 10.5 Å². The normalized spacial score (nSPS) is 23.1. The summed E-state index contributed by atoms with van der Waals surface area (Å²) in [5, 5.41) is 30.0. The Kier molecular flexibility index (Phi) is 5.50. The lowest BCUT2D eigenvalue weighted by Gasteiger charge is -2.43. The summed E-state index contributed by atoms with van der Waals surface area (Å²) in [4.78, 5) is 0. The second kappa shape index (κ2) is 7.70. The van der Waals surface area contributed by atoms with Gasteiger partial charge in [0.15, 0.2) is 5.41 Å². The standard InChI is InChI=1S/C22H21BrN4O/c1-13(2)28-19-8-7-14(23)9-17(19)20-16-6-4-3-5-15(16)18(10-24)21(27)22(20,11-25)12-26/h5,7-9,13,16,20H,3-4,6,27H2,1-2H3/t16-,20-/m1/s1. The first-order valence-corrected chi connectivity index (χ1v) is 10.1. The summed E-state index contributed by atoms with van der Waals surface area (Å²) in [6.07, 6.45) is 4.55. The van der Waals surface area contributed by atoms with Crippen LogP contribution in [-0.4, -0.2) is 6.10 Å². The van der Waals surface area contributed by atoms with E-state index in [2.05, 4.69) is 34.1 Å². The number of hydrogen-bond acceptors (Lipinski definition) is 5. The number of halogens is 1. The van der Waals surface area contributed by atoms with Crippen LogP contribution in [0.25, 0.3) is 0 Å². The highest BCUT2D eigenvalue weighted by molar-refractivity contribution is 9.10. The van der Waals surface area contributed by atoms with Crippen LogP contribution < -0.4 is 10.5 Å². The van der Waals surface area contributed by atoms with Gasteiger partial charge >= 0.3 is 0 Å². The molecule has 0 fully saturated rings. The van der Waals surface area contributed by atoms with Crippen molar-refractivity contribution < 1.29 is 4.74 Å². The first kappa shape index (κ1) is 20.0. The molecule has 0 amide bonds. The number of nitrogens with zero attached hydrogens (tertiary/aromatic N) is 3. The molecule has 5 nitrogen and oxygen atoms in total. The van der Waals surface area contributed by atoms with E-state index in [1.54, 1.807) is 0 Å². The smallest absolute Gasteiger partial charge is 0.191 e.